The van der Waals surface area contributed by atoms with Crippen molar-refractivity contribution in [2.45, 2.75) is 27.4 Å². The van der Waals surface area contributed by atoms with Crippen LogP contribution in [0.15, 0.2) is 60.2 Å². The maximum absolute atomic E-state index is 12.7. The van der Waals surface area contributed by atoms with Crippen molar-refractivity contribution in [3.63, 3.8) is 0 Å². The molecule has 0 saturated carbocycles. The van der Waals surface area contributed by atoms with E-state index in [9.17, 15) is 10.1 Å². The summed E-state index contributed by atoms with van der Waals surface area (Å²) in [5, 5.41) is 13.3. The van der Waals surface area contributed by atoms with Crippen LogP contribution in [0.4, 0.5) is 5.69 Å². The standard InChI is InChI=1S/C27H24Cl2N2O3/c1-4-33-26-14-19(8-10-25(26)34-16-20-7-9-22(28)23(29)13-20)12-21(15-30)27(32)31-24-11-17(2)5-6-18(24)3/h5-14H,4,16H2,1-3H3,(H,31,32)/b21-12+. The van der Waals surface area contributed by atoms with Crippen molar-refractivity contribution in [3.05, 3.63) is 92.5 Å². The number of carbonyl (C=O) groups excluding carboxylic acids is 1. The molecule has 174 valence electrons. The Morgan fingerprint density at radius 3 is 2.50 bits per heavy atom. The predicted octanol–water partition coefficient (Wildman–Crippen LogP) is 7.13. The Labute approximate surface area is 209 Å². The number of anilines is 1. The second-order valence-corrected chi connectivity index (χ2v) is 8.43. The Balaban J connectivity index is 1.80. The number of benzene rings is 3. The Morgan fingerprint density at radius 1 is 1.00 bits per heavy atom. The van der Waals surface area contributed by atoms with E-state index in [-0.39, 0.29) is 12.2 Å². The first kappa shape index (κ1) is 25.2. The van der Waals surface area contributed by atoms with Gasteiger partial charge in [-0.2, -0.15) is 5.26 Å². The molecule has 0 spiro atoms. The van der Waals surface area contributed by atoms with Crippen LogP contribution in [0, 0.1) is 25.2 Å². The lowest BCUT2D eigenvalue weighted by Gasteiger charge is -2.13. The average Bonchev–Trinajstić information content (AvgIpc) is 2.81. The monoisotopic (exact) mass is 494 g/mol. The van der Waals surface area contributed by atoms with Gasteiger partial charge >= 0.3 is 0 Å². The van der Waals surface area contributed by atoms with Crippen LogP contribution < -0.4 is 14.8 Å². The van der Waals surface area contributed by atoms with Gasteiger partial charge in [-0.25, -0.2) is 0 Å². The van der Waals surface area contributed by atoms with Gasteiger partial charge in [0.25, 0.3) is 5.91 Å². The fourth-order valence-electron chi connectivity index (χ4n) is 3.17. The van der Waals surface area contributed by atoms with Crippen LogP contribution in [0.25, 0.3) is 6.08 Å². The highest BCUT2D eigenvalue weighted by molar-refractivity contribution is 6.42. The molecule has 0 saturated heterocycles. The van der Waals surface area contributed by atoms with E-state index in [2.05, 4.69) is 5.32 Å². The van der Waals surface area contributed by atoms with E-state index in [1.165, 1.54) is 6.08 Å². The van der Waals surface area contributed by atoms with Gasteiger partial charge in [-0.05, 0) is 79.4 Å². The number of rotatable bonds is 8. The molecule has 0 aliphatic carbocycles. The summed E-state index contributed by atoms with van der Waals surface area (Å²) in [5.41, 5.74) is 4.08. The maximum atomic E-state index is 12.7. The molecule has 7 heteroatoms. The molecule has 5 nitrogen and oxygen atoms in total. The molecule has 0 radical (unpaired) electrons. The predicted molar refractivity (Wildman–Crippen MR) is 137 cm³/mol. The third-order valence-electron chi connectivity index (χ3n) is 4.96. The summed E-state index contributed by atoms with van der Waals surface area (Å²) in [7, 11) is 0. The summed E-state index contributed by atoms with van der Waals surface area (Å²) < 4.78 is 11.6. The molecule has 0 bridgehead atoms. The number of hydrogen-bond acceptors (Lipinski definition) is 4. The largest absolute Gasteiger partial charge is 0.490 e. The van der Waals surface area contributed by atoms with Crippen molar-refractivity contribution in [2.75, 3.05) is 11.9 Å². The first-order valence-corrected chi connectivity index (χ1v) is 11.4. The van der Waals surface area contributed by atoms with Gasteiger partial charge in [0.05, 0.1) is 16.7 Å². The molecule has 3 aromatic carbocycles. The second-order valence-electron chi connectivity index (χ2n) is 7.62. The molecule has 0 atom stereocenters. The lowest BCUT2D eigenvalue weighted by atomic mass is 10.1. The van der Waals surface area contributed by atoms with E-state index in [4.69, 9.17) is 32.7 Å². The Kier molecular flexibility index (Phi) is 8.59. The summed E-state index contributed by atoms with van der Waals surface area (Å²) in [4.78, 5) is 12.7. The summed E-state index contributed by atoms with van der Waals surface area (Å²) in [6.45, 7) is 6.40. The van der Waals surface area contributed by atoms with Gasteiger partial charge in [0.1, 0.15) is 18.2 Å². The lowest BCUT2D eigenvalue weighted by Crippen LogP contribution is -2.14. The first-order chi connectivity index (χ1) is 16.3. The second kappa shape index (κ2) is 11.6. The Morgan fingerprint density at radius 2 is 1.79 bits per heavy atom. The van der Waals surface area contributed by atoms with Crippen molar-refractivity contribution in [1.82, 2.24) is 0 Å². The van der Waals surface area contributed by atoms with Crippen LogP contribution >= 0.6 is 23.2 Å². The molecule has 0 aliphatic heterocycles. The zero-order chi connectivity index (χ0) is 24.7. The number of aryl methyl sites for hydroxylation is 2. The van der Waals surface area contributed by atoms with Crippen molar-refractivity contribution in [2.24, 2.45) is 0 Å². The number of ether oxygens (including phenoxy) is 2. The molecular formula is C27H24Cl2N2O3. The molecule has 3 rings (SSSR count). The van der Waals surface area contributed by atoms with Gasteiger partial charge in [-0.15, -0.1) is 0 Å². The van der Waals surface area contributed by atoms with Gasteiger partial charge in [0.15, 0.2) is 11.5 Å². The molecule has 34 heavy (non-hydrogen) atoms. The highest BCUT2D eigenvalue weighted by Gasteiger charge is 2.13. The molecule has 0 unspecified atom stereocenters. The molecule has 1 N–H and O–H groups in total. The fraction of sp³-hybridized carbons (Fsp3) is 0.185. The number of nitrogens with zero attached hydrogens (tertiary/aromatic N) is 1. The normalized spacial score (nSPS) is 11.0. The van der Waals surface area contributed by atoms with Crippen LogP contribution in [0.2, 0.25) is 10.0 Å². The van der Waals surface area contributed by atoms with Gasteiger partial charge in [0.2, 0.25) is 0 Å². The van der Waals surface area contributed by atoms with Crippen molar-refractivity contribution < 1.29 is 14.3 Å². The summed E-state index contributed by atoms with van der Waals surface area (Å²) in [6.07, 6.45) is 1.52. The Hall–Kier alpha value is -3.46. The summed E-state index contributed by atoms with van der Waals surface area (Å²) in [5.74, 6) is 0.557. The van der Waals surface area contributed by atoms with Gasteiger partial charge in [0, 0.05) is 5.69 Å². The fourth-order valence-corrected chi connectivity index (χ4v) is 3.49. The van der Waals surface area contributed by atoms with Crippen LogP contribution in [0.1, 0.15) is 29.2 Å². The minimum absolute atomic E-state index is 0.0205. The molecule has 0 fully saturated rings. The quantitative estimate of drug-likeness (QED) is 0.267. The van der Waals surface area contributed by atoms with Gasteiger partial charge < -0.3 is 14.8 Å². The Bertz CT molecular complexity index is 1280. The number of amides is 1. The lowest BCUT2D eigenvalue weighted by molar-refractivity contribution is -0.112. The third-order valence-corrected chi connectivity index (χ3v) is 5.70. The van der Waals surface area contributed by atoms with E-state index in [0.717, 1.165) is 16.7 Å². The molecule has 0 aliphatic rings. The highest BCUT2D eigenvalue weighted by Crippen LogP contribution is 2.31. The highest BCUT2D eigenvalue weighted by atomic mass is 35.5. The summed E-state index contributed by atoms with van der Waals surface area (Å²) in [6, 6.07) is 18.3. The van der Waals surface area contributed by atoms with Crippen molar-refractivity contribution in [1.29, 1.82) is 5.26 Å². The molecular weight excluding hydrogens is 471 g/mol. The van der Waals surface area contributed by atoms with E-state index in [1.807, 2.05) is 51.1 Å². The van der Waals surface area contributed by atoms with Gasteiger partial charge in [-0.3, -0.25) is 4.79 Å². The zero-order valence-electron chi connectivity index (χ0n) is 19.1. The van der Waals surface area contributed by atoms with E-state index in [1.54, 1.807) is 30.3 Å². The smallest absolute Gasteiger partial charge is 0.266 e. The van der Waals surface area contributed by atoms with Crippen molar-refractivity contribution in [3.8, 4) is 17.6 Å². The maximum Gasteiger partial charge on any atom is 0.266 e. The molecule has 0 heterocycles. The van der Waals surface area contributed by atoms with Crippen LogP contribution in [-0.4, -0.2) is 12.5 Å². The SMILES string of the molecule is CCOc1cc(/C=C(\C#N)C(=O)Nc2cc(C)ccc2C)ccc1OCc1ccc(Cl)c(Cl)c1. The van der Waals surface area contributed by atoms with E-state index in [0.29, 0.717) is 39.4 Å². The third kappa shape index (κ3) is 6.54. The van der Waals surface area contributed by atoms with Crippen molar-refractivity contribution >= 4 is 40.9 Å². The number of carbonyl (C=O) groups is 1. The number of halogens is 2. The van der Waals surface area contributed by atoms with Crippen LogP contribution in [-0.2, 0) is 11.4 Å². The minimum Gasteiger partial charge on any atom is -0.490 e. The van der Waals surface area contributed by atoms with Gasteiger partial charge in [-0.1, -0.05) is 47.5 Å². The topological polar surface area (TPSA) is 71.3 Å². The number of nitriles is 1. The van der Waals surface area contributed by atoms with E-state index < -0.39 is 5.91 Å². The molecule has 0 aromatic heterocycles. The zero-order valence-corrected chi connectivity index (χ0v) is 20.6. The average molecular weight is 495 g/mol. The van der Waals surface area contributed by atoms with Crippen LogP contribution in [0.3, 0.4) is 0 Å². The number of hydrogen-bond donors (Lipinski definition) is 1. The molecule has 3 aromatic rings. The molecule has 1 amide bonds. The minimum atomic E-state index is -0.478. The number of nitrogens with one attached hydrogen (secondary N) is 1. The summed E-state index contributed by atoms with van der Waals surface area (Å²) >= 11 is 12.0. The van der Waals surface area contributed by atoms with Crippen LogP contribution in [0.5, 0.6) is 11.5 Å². The van der Waals surface area contributed by atoms with E-state index >= 15 is 0 Å². The first-order valence-electron chi connectivity index (χ1n) is 10.6.